The van der Waals surface area contributed by atoms with Crippen LogP contribution in [0.5, 0.6) is 0 Å². The Morgan fingerprint density at radius 2 is 1.12 bits per heavy atom. The Morgan fingerprint density at radius 3 is 1.57 bits per heavy atom. The van der Waals surface area contributed by atoms with Crippen LogP contribution in [0, 0.1) is 71.6 Å². The molecule has 8 nitrogen and oxygen atoms in total. The maximum absolute atomic E-state index is 14.2. The van der Waals surface area contributed by atoms with Gasteiger partial charge in [-0.05, 0) is 102 Å². The Balaban J connectivity index is 2.33. The van der Waals surface area contributed by atoms with Gasteiger partial charge in [0.15, 0.2) is 11.4 Å². The first kappa shape index (κ1) is 53.9. The topological polar surface area (TPSA) is 113 Å². The second-order valence-corrected chi connectivity index (χ2v) is 15.6. The maximum Gasteiger partial charge on any atom is 0.415 e. The molecule has 74 heavy (non-hydrogen) atoms. The molecule has 354 valence electrons. The van der Waals surface area contributed by atoms with E-state index in [1.54, 1.807) is 30.3 Å². The molecule has 0 N–H and O–H groups in total. The Kier molecular flexibility index (Phi) is 16.5. The Morgan fingerprint density at radius 1 is 0.581 bits per heavy atom. The van der Waals surface area contributed by atoms with Crippen LogP contribution < -0.4 is 0 Å². The number of hydrogen-bond acceptors (Lipinski definition) is 4. The summed E-state index contributed by atoms with van der Waals surface area (Å²) >= 11 is 0. The minimum absolute atomic E-state index is 0.0389. The summed E-state index contributed by atoms with van der Waals surface area (Å²) in [6.45, 7) is 55.6. The number of benzene rings is 3. The van der Waals surface area contributed by atoms with E-state index >= 15 is 0 Å². The normalized spacial score (nSPS) is 17.4. The molecule has 0 atom stereocenters. The number of allylic oxidation sites excluding steroid dienone is 23. The lowest BCUT2D eigenvalue weighted by atomic mass is 9.82. The average Bonchev–Trinajstić information content (AvgIpc) is 3.74. The van der Waals surface area contributed by atoms with Gasteiger partial charge in [0.05, 0.1) is 66.8 Å². The Hall–Kier alpha value is -11.0. The molecule has 0 spiro atoms. The molecular weight excluding hydrogens is 947 g/mol. The SMILES string of the molecule is [C-]#[N+]C1=C(c2ccccc2)/C(=C(/C#N)c2cc([N+]#[C-])cc([N+]#[C-])c2)C2=C1\C(C(=C)/C=C\C(=C)C(F)(F)F)=C/C(=C(\[N+]#[C-])c1cc(C#N)cc(C#N)c1)C(/C(=C)/C=C\C=C)=C(C#N)\C=C\2C(=C)/C=C\C(=C)C(F)(F)F. The average molecular weight is 979 g/mol. The van der Waals surface area contributed by atoms with Gasteiger partial charge in [-0.1, -0.05) is 137 Å². The van der Waals surface area contributed by atoms with E-state index in [-0.39, 0.29) is 117 Å². The van der Waals surface area contributed by atoms with Crippen molar-refractivity contribution in [3.8, 4) is 24.3 Å². The molecule has 0 saturated heterocycles. The minimum Gasteiger partial charge on any atom is -0.239 e. The van der Waals surface area contributed by atoms with Gasteiger partial charge in [0.2, 0.25) is 11.4 Å². The monoisotopic (exact) mass is 978 g/mol. The van der Waals surface area contributed by atoms with Crippen LogP contribution in [0.2, 0.25) is 0 Å². The van der Waals surface area contributed by atoms with Crippen molar-refractivity contribution in [2.75, 3.05) is 0 Å². The number of rotatable bonds is 12. The first-order valence-corrected chi connectivity index (χ1v) is 21.0. The van der Waals surface area contributed by atoms with E-state index < -0.39 is 29.1 Å². The van der Waals surface area contributed by atoms with E-state index in [1.165, 1.54) is 66.8 Å². The van der Waals surface area contributed by atoms with Crippen LogP contribution in [0.15, 0.2) is 239 Å². The van der Waals surface area contributed by atoms with E-state index in [1.807, 2.05) is 12.1 Å². The lowest BCUT2D eigenvalue weighted by molar-refractivity contribution is -0.0886. The van der Waals surface area contributed by atoms with Gasteiger partial charge >= 0.3 is 12.4 Å². The van der Waals surface area contributed by atoms with Gasteiger partial charge in [-0.25, -0.2) is 19.4 Å². The van der Waals surface area contributed by atoms with Gasteiger partial charge in [0.25, 0.3) is 0 Å². The Labute approximate surface area is 423 Å². The maximum atomic E-state index is 14.2. The summed E-state index contributed by atoms with van der Waals surface area (Å²) < 4.78 is 84.8. The zero-order valence-electron chi connectivity index (χ0n) is 38.6. The summed E-state index contributed by atoms with van der Waals surface area (Å²) in [5, 5.41) is 42.8. The van der Waals surface area contributed by atoms with Crippen molar-refractivity contribution in [1.29, 1.82) is 21.0 Å². The lowest BCUT2D eigenvalue weighted by Crippen LogP contribution is -2.08. The summed E-state index contributed by atoms with van der Waals surface area (Å²) in [7, 11) is 0. The summed E-state index contributed by atoms with van der Waals surface area (Å²) in [5.74, 6) is 0. The van der Waals surface area contributed by atoms with Crippen LogP contribution in [0.4, 0.5) is 37.7 Å². The predicted molar refractivity (Wildman–Crippen MR) is 272 cm³/mol. The van der Waals surface area contributed by atoms with Gasteiger partial charge in [-0.2, -0.15) is 47.4 Å². The number of halogens is 6. The molecule has 0 bridgehead atoms. The third-order valence-electron chi connectivity index (χ3n) is 11.0. The molecule has 0 aromatic heterocycles. The standard InChI is InChI=1S/C60H32F6N8/c1-11-12-16-37(4)52-45(33-69)28-48(35(2)19-21-38(5)59(61,62)63)54-55(51(34-70)43-26-46(71-7)29-47(27-43)72-8)53(42-17-14-13-15-18-42)58(74-10)56(54)49(36(3)20-22-39(6)60(64,65)66)30-50(52)57(73-9)44-24-40(31-67)23-41(25-44)32-68/h11-30H,1-6H2/b16-12-,21-19-,22-20-,48-28+,49-30-,52-45+,55-51+,57-50+. The largest absolute Gasteiger partial charge is 0.415 e. The molecule has 2 aliphatic carbocycles. The number of nitriles is 4. The summed E-state index contributed by atoms with van der Waals surface area (Å²) in [4.78, 5) is 14.8. The molecule has 0 saturated carbocycles. The molecule has 14 heteroatoms. The van der Waals surface area contributed by atoms with Crippen LogP contribution in [0.25, 0.3) is 36.2 Å². The summed E-state index contributed by atoms with van der Waals surface area (Å²) in [6, 6.07) is 23.6. The van der Waals surface area contributed by atoms with Gasteiger partial charge in [0.1, 0.15) is 6.07 Å². The van der Waals surface area contributed by atoms with E-state index in [0.717, 1.165) is 12.2 Å². The predicted octanol–water partition coefficient (Wildman–Crippen LogP) is 16.2. The van der Waals surface area contributed by atoms with Gasteiger partial charge in [-0.3, -0.25) is 0 Å². The van der Waals surface area contributed by atoms with E-state index in [0.29, 0.717) is 12.2 Å². The van der Waals surface area contributed by atoms with Crippen LogP contribution in [0.3, 0.4) is 0 Å². The summed E-state index contributed by atoms with van der Waals surface area (Å²) in [6.07, 6.45) is -0.387. The second-order valence-electron chi connectivity index (χ2n) is 15.6. The smallest absolute Gasteiger partial charge is 0.239 e. The molecule has 2 aliphatic rings. The van der Waals surface area contributed by atoms with Gasteiger partial charge in [-0.15, -0.1) is 0 Å². The number of nitrogens with zero attached hydrogens (tertiary/aromatic N) is 8. The first-order valence-electron chi connectivity index (χ1n) is 21.0. The zero-order valence-corrected chi connectivity index (χ0v) is 38.6. The third kappa shape index (κ3) is 11.4. The molecule has 0 aliphatic heterocycles. The van der Waals surface area contributed by atoms with Crippen molar-refractivity contribution in [3.63, 3.8) is 0 Å². The molecule has 0 unspecified atom stereocenters. The number of hydrogen-bond donors (Lipinski definition) is 0. The van der Waals surface area contributed by atoms with Crippen molar-refractivity contribution in [1.82, 2.24) is 0 Å². The zero-order chi connectivity index (χ0) is 54.7. The fourth-order valence-electron chi connectivity index (χ4n) is 7.59. The van der Waals surface area contributed by atoms with Crippen LogP contribution in [0.1, 0.15) is 27.8 Å². The second kappa shape index (κ2) is 22.6. The van der Waals surface area contributed by atoms with E-state index in [4.69, 9.17) is 26.3 Å². The minimum atomic E-state index is -4.97. The van der Waals surface area contributed by atoms with Crippen molar-refractivity contribution in [2.24, 2.45) is 0 Å². The van der Waals surface area contributed by atoms with Crippen molar-refractivity contribution in [3.05, 3.63) is 313 Å². The molecule has 3 aromatic carbocycles. The van der Waals surface area contributed by atoms with Gasteiger partial charge in [0, 0.05) is 11.1 Å². The highest BCUT2D eigenvalue weighted by molar-refractivity contribution is 6.08. The molecule has 0 amide bonds. The molecule has 0 heterocycles. The molecule has 0 fully saturated rings. The summed E-state index contributed by atoms with van der Waals surface area (Å²) in [5.41, 5.74) is -6.76. The third-order valence-corrected chi connectivity index (χ3v) is 11.0. The Bertz CT molecular complexity index is 3690. The highest BCUT2D eigenvalue weighted by atomic mass is 19.4. The highest BCUT2D eigenvalue weighted by Crippen LogP contribution is 2.55. The molecular formula is C60H32F6N8. The molecule has 3 aromatic rings. The fourth-order valence-corrected chi connectivity index (χ4v) is 7.59. The van der Waals surface area contributed by atoms with Crippen LogP contribution >= 0.6 is 0 Å². The van der Waals surface area contributed by atoms with Crippen molar-refractivity contribution >= 4 is 28.2 Å². The molecule has 0 radical (unpaired) electrons. The van der Waals surface area contributed by atoms with Crippen LogP contribution in [-0.2, 0) is 0 Å². The first-order chi connectivity index (χ1) is 35.2. The van der Waals surface area contributed by atoms with E-state index in [9.17, 15) is 47.4 Å². The quantitative estimate of drug-likeness (QED) is 0.0778. The highest BCUT2D eigenvalue weighted by Gasteiger charge is 2.39. The van der Waals surface area contributed by atoms with Crippen LogP contribution in [-0.4, -0.2) is 12.4 Å². The van der Waals surface area contributed by atoms with E-state index in [2.05, 4.69) is 71.0 Å². The fraction of sp³-hybridized carbons (Fsp3) is 0.0333. The van der Waals surface area contributed by atoms with Gasteiger partial charge < -0.3 is 0 Å². The van der Waals surface area contributed by atoms with Crippen molar-refractivity contribution in [2.45, 2.75) is 12.4 Å². The number of alkyl halides is 6. The lowest BCUT2D eigenvalue weighted by Gasteiger charge is -2.20. The van der Waals surface area contributed by atoms with Crippen molar-refractivity contribution < 1.29 is 26.3 Å². The molecule has 5 rings (SSSR count).